The molecule has 0 radical (unpaired) electrons. The van der Waals surface area contributed by atoms with E-state index in [4.69, 9.17) is 5.73 Å². The minimum Gasteiger partial charge on any atom is -0.326 e. The molecule has 0 aliphatic heterocycles. The molecule has 2 rings (SSSR count). The maximum absolute atomic E-state index is 10.6. The first-order chi connectivity index (χ1) is 8.60. The van der Waals surface area contributed by atoms with E-state index in [1.807, 2.05) is 6.20 Å². The molecule has 2 N–H and O–H groups in total. The summed E-state index contributed by atoms with van der Waals surface area (Å²) in [5.74, 6) is 0. The van der Waals surface area contributed by atoms with Crippen LogP contribution in [-0.4, -0.2) is 14.7 Å². The van der Waals surface area contributed by atoms with Crippen molar-refractivity contribution in [1.82, 2.24) is 9.78 Å². The highest BCUT2D eigenvalue weighted by atomic mass is 79.9. The van der Waals surface area contributed by atoms with Crippen molar-refractivity contribution in [2.24, 2.45) is 5.73 Å². The van der Waals surface area contributed by atoms with Crippen LogP contribution in [0.3, 0.4) is 0 Å². The lowest BCUT2D eigenvalue weighted by Crippen LogP contribution is -2.01. The molecule has 94 valence electrons. The molecule has 0 atom stereocenters. The Kier molecular flexibility index (Phi) is 3.73. The quantitative estimate of drug-likeness (QED) is 0.691. The number of hydrogen-bond acceptors (Lipinski definition) is 4. The van der Waals surface area contributed by atoms with Crippen LogP contribution in [-0.2, 0) is 13.1 Å². The first-order valence-electron chi connectivity index (χ1n) is 5.24. The first-order valence-corrected chi connectivity index (χ1v) is 6.03. The number of benzene rings is 1. The number of rotatable bonds is 4. The number of nitro benzene ring substituents is 1. The molecule has 6 nitrogen and oxygen atoms in total. The molecule has 0 bridgehead atoms. The van der Waals surface area contributed by atoms with Gasteiger partial charge in [-0.25, -0.2) is 0 Å². The summed E-state index contributed by atoms with van der Waals surface area (Å²) in [4.78, 5) is 10.2. The largest absolute Gasteiger partial charge is 0.326 e. The summed E-state index contributed by atoms with van der Waals surface area (Å²) in [7, 11) is 0. The Morgan fingerprint density at radius 1 is 1.50 bits per heavy atom. The van der Waals surface area contributed by atoms with Crippen molar-refractivity contribution in [3.05, 3.63) is 56.3 Å². The van der Waals surface area contributed by atoms with Crippen molar-refractivity contribution in [1.29, 1.82) is 0 Å². The smallest absolute Gasteiger partial charge is 0.270 e. The fourth-order valence-electron chi connectivity index (χ4n) is 1.55. The lowest BCUT2D eigenvalue weighted by atomic mass is 10.2. The van der Waals surface area contributed by atoms with Gasteiger partial charge in [0, 0.05) is 34.9 Å². The van der Waals surface area contributed by atoms with Crippen LogP contribution >= 0.6 is 15.9 Å². The van der Waals surface area contributed by atoms with Crippen LogP contribution in [0.2, 0.25) is 0 Å². The molecule has 0 unspecified atom stereocenters. The second-order valence-electron chi connectivity index (χ2n) is 3.78. The van der Waals surface area contributed by atoms with Gasteiger partial charge in [0.15, 0.2) is 0 Å². The Morgan fingerprint density at radius 3 is 2.83 bits per heavy atom. The fraction of sp³-hybridized carbons (Fsp3) is 0.182. The molecule has 18 heavy (non-hydrogen) atoms. The van der Waals surface area contributed by atoms with Gasteiger partial charge in [0.25, 0.3) is 5.69 Å². The highest BCUT2D eigenvalue weighted by Crippen LogP contribution is 2.23. The number of nitro groups is 1. The summed E-state index contributed by atoms with van der Waals surface area (Å²) >= 11 is 3.33. The molecule has 0 amide bonds. The highest BCUT2D eigenvalue weighted by Gasteiger charge is 2.09. The van der Waals surface area contributed by atoms with Crippen LogP contribution in [0, 0.1) is 10.1 Å². The number of nitrogens with two attached hydrogens (primary N) is 1. The lowest BCUT2D eigenvalue weighted by molar-refractivity contribution is -0.384. The molecule has 0 saturated heterocycles. The van der Waals surface area contributed by atoms with Gasteiger partial charge in [-0.1, -0.05) is 15.9 Å². The van der Waals surface area contributed by atoms with Crippen LogP contribution < -0.4 is 5.73 Å². The molecule has 0 aliphatic carbocycles. The molecule has 0 aliphatic rings. The summed E-state index contributed by atoms with van der Waals surface area (Å²) in [5, 5.41) is 14.8. The molecular weight excluding hydrogens is 300 g/mol. The normalized spacial score (nSPS) is 10.6. The van der Waals surface area contributed by atoms with Crippen LogP contribution in [0.25, 0.3) is 0 Å². The Hall–Kier alpha value is -1.73. The third-order valence-corrected chi connectivity index (χ3v) is 3.24. The predicted molar refractivity (Wildman–Crippen MR) is 70.0 cm³/mol. The zero-order valence-electron chi connectivity index (χ0n) is 9.41. The van der Waals surface area contributed by atoms with E-state index < -0.39 is 4.92 Å². The van der Waals surface area contributed by atoms with E-state index in [1.54, 1.807) is 16.9 Å². The fourth-order valence-corrected chi connectivity index (χ4v) is 2.04. The standard InChI is InChI=1S/C11H11BrN4O2/c12-11-3-10(16(17)18)2-1-9(11)7-15-6-8(4-13)5-14-15/h1-3,5-6H,4,7,13H2. The molecule has 1 aromatic carbocycles. The maximum Gasteiger partial charge on any atom is 0.270 e. The molecule has 2 aromatic rings. The number of halogens is 1. The minimum absolute atomic E-state index is 0.0636. The summed E-state index contributed by atoms with van der Waals surface area (Å²) in [6, 6.07) is 4.68. The average molecular weight is 311 g/mol. The number of hydrogen-bond donors (Lipinski definition) is 1. The van der Waals surface area contributed by atoms with Gasteiger partial charge in [0.05, 0.1) is 17.7 Å². The monoisotopic (exact) mass is 310 g/mol. The van der Waals surface area contributed by atoms with Gasteiger partial charge < -0.3 is 5.73 Å². The molecule has 1 heterocycles. The zero-order chi connectivity index (χ0) is 13.1. The van der Waals surface area contributed by atoms with Crippen molar-refractivity contribution in [2.45, 2.75) is 13.1 Å². The van der Waals surface area contributed by atoms with Crippen molar-refractivity contribution < 1.29 is 4.92 Å². The van der Waals surface area contributed by atoms with E-state index in [0.717, 1.165) is 11.1 Å². The molecule has 7 heteroatoms. The van der Waals surface area contributed by atoms with Crippen molar-refractivity contribution >= 4 is 21.6 Å². The van der Waals surface area contributed by atoms with Crippen LogP contribution in [0.4, 0.5) is 5.69 Å². The third-order valence-electron chi connectivity index (χ3n) is 2.50. The van der Waals surface area contributed by atoms with Crippen molar-refractivity contribution in [2.75, 3.05) is 0 Å². The molecule has 0 spiro atoms. The molecule has 0 saturated carbocycles. The van der Waals surface area contributed by atoms with Gasteiger partial charge >= 0.3 is 0 Å². The van der Waals surface area contributed by atoms with Crippen LogP contribution in [0.5, 0.6) is 0 Å². The van der Waals surface area contributed by atoms with E-state index >= 15 is 0 Å². The van der Waals surface area contributed by atoms with Crippen LogP contribution in [0.1, 0.15) is 11.1 Å². The summed E-state index contributed by atoms with van der Waals surface area (Å²) in [6.45, 7) is 0.986. The summed E-state index contributed by atoms with van der Waals surface area (Å²) < 4.78 is 2.44. The molecule has 0 fully saturated rings. The first kappa shape index (κ1) is 12.7. The van der Waals surface area contributed by atoms with Gasteiger partial charge in [-0.15, -0.1) is 0 Å². The van der Waals surface area contributed by atoms with E-state index in [2.05, 4.69) is 21.0 Å². The number of aromatic nitrogens is 2. The summed E-state index contributed by atoms with van der Waals surface area (Å²) in [6.07, 6.45) is 3.56. The van der Waals surface area contributed by atoms with E-state index in [1.165, 1.54) is 12.1 Å². The Bertz CT molecular complexity index is 582. The highest BCUT2D eigenvalue weighted by molar-refractivity contribution is 9.10. The lowest BCUT2D eigenvalue weighted by Gasteiger charge is -2.04. The van der Waals surface area contributed by atoms with Gasteiger partial charge in [-0.05, 0) is 11.6 Å². The minimum atomic E-state index is -0.422. The van der Waals surface area contributed by atoms with Gasteiger partial charge in [-0.2, -0.15) is 5.10 Å². The van der Waals surface area contributed by atoms with E-state index in [-0.39, 0.29) is 5.69 Å². The third kappa shape index (κ3) is 2.74. The van der Waals surface area contributed by atoms with Gasteiger partial charge in [0.2, 0.25) is 0 Å². The van der Waals surface area contributed by atoms with E-state index in [0.29, 0.717) is 17.6 Å². The summed E-state index contributed by atoms with van der Waals surface area (Å²) in [5.41, 5.74) is 7.44. The second kappa shape index (κ2) is 5.28. The Labute approximate surface area is 112 Å². The van der Waals surface area contributed by atoms with Gasteiger partial charge in [-0.3, -0.25) is 14.8 Å². The Balaban J connectivity index is 2.21. The van der Waals surface area contributed by atoms with Gasteiger partial charge in [0.1, 0.15) is 0 Å². The average Bonchev–Trinajstić information content (AvgIpc) is 2.79. The number of non-ortho nitro benzene ring substituents is 1. The predicted octanol–water partition coefficient (Wildman–Crippen LogP) is 2.06. The topological polar surface area (TPSA) is 87.0 Å². The molecular formula is C11H11BrN4O2. The Morgan fingerprint density at radius 2 is 2.28 bits per heavy atom. The van der Waals surface area contributed by atoms with Crippen LogP contribution in [0.15, 0.2) is 35.1 Å². The SMILES string of the molecule is NCc1cnn(Cc2ccc([N+](=O)[O-])cc2Br)c1. The van der Waals surface area contributed by atoms with E-state index in [9.17, 15) is 10.1 Å². The van der Waals surface area contributed by atoms with Crippen molar-refractivity contribution in [3.63, 3.8) is 0 Å². The maximum atomic E-state index is 10.6. The zero-order valence-corrected chi connectivity index (χ0v) is 11.0. The van der Waals surface area contributed by atoms with Crippen molar-refractivity contribution in [3.8, 4) is 0 Å². The number of nitrogens with zero attached hydrogens (tertiary/aromatic N) is 3. The molecule has 1 aromatic heterocycles. The second-order valence-corrected chi connectivity index (χ2v) is 4.64.